The lowest BCUT2D eigenvalue weighted by Gasteiger charge is -2.18. The summed E-state index contributed by atoms with van der Waals surface area (Å²) < 4.78 is 0. The molecule has 0 bridgehead atoms. The van der Waals surface area contributed by atoms with Crippen LogP contribution in [0.4, 0.5) is 0 Å². The van der Waals surface area contributed by atoms with Gasteiger partial charge in [0.1, 0.15) is 0 Å². The van der Waals surface area contributed by atoms with Gasteiger partial charge in [-0.15, -0.1) is 0 Å². The number of nitrogens with one attached hydrogen (secondary N) is 1. The van der Waals surface area contributed by atoms with Gasteiger partial charge in [0, 0.05) is 18.3 Å². The minimum atomic E-state index is 0.662. The van der Waals surface area contributed by atoms with Crippen LogP contribution in [0, 0.1) is 6.92 Å². The molecule has 1 N–H and O–H groups in total. The van der Waals surface area contributed by atoms with Crippen LogP contribution < -0.4 is 5.32 Å². The summed E-state index contributed by atoms with van der Waals surface area (Å²) in [6, 6.07) is 6.89. The predicted molar refractivity (Wildman–Crippen MR) is 77.7 cm³/mol. The average Bonchev–Trinajstić information content (AvgIpc) is 2.34. The molecule has 1 aromatic rings. The summed E-state index contributed by atoms with van der Waals surface area (Å²) in [5, 5.41) is 3.35. The van der Waals surface area contributed by atoms with Gasteiger partial charge in [0.15, 0.2) is 0 Å². The van der Waals surface area contributed by atoms with Crippen LogP contribution in [0.1, 0.15) is 37.6 Å². The highest BCUT2D eigenvalue weighted by molar-refractivity contribution is 5.09. The molecule has 1 rings (SSSR count). The molecule has 0 saturated carbocycles. The summed E-state index contributed by atoms with van der Waals surface area (Å²) in [5.74, 6) is 0. The van der Waals surface area contributed by atoms with Crippen LogP contribution >= 0.6 is 0 Å². The van der Waals surface area contributed by atoms with E-state index in [-0.39, 0.29) is 0 Å². The van der Waals surface area contributed by atoms with Crippen LogP contribution in [0.5, 0.6) is 0 Å². The Morgan fingerprint density at radius 3 is 2.78 bits per heavy atom. The molecule has 0 spiro atoms. The summed E-state index contributed by atoms with van der Waals surface area (Å²) >= 11 is 0. The van der Waals surface area contributed by atoms with Gasteiger partial charge in [-0.05, 0) is 59.0 Å². The molecule has 1 heterocycles. The normalized spacial score (nSPS) is 12.9. The molecule has 1 aromatic heterocycles. The van der Waals surface area contributed by atoms with Gasteiger partial charge in [0.05, 0.1) is 5.69 Å². The first-order valence-electron chi connectivity index (χ1n) is 6.94. The summed E-state index contributed by atoms with van der Waals surface area (Å²) in [7, 11) is 4.22. The van der Waals surface area contributed by atoms with Crippen molar-refractivity contribution in [3.05, 3.63) is 29.6 Å². The molecule has 3 nitrogen and oxygen atoms in total. The summed E-state index contributed by atoms with van der Waals surface area (Å²) in [6.07, 6.45) is 3.69. The third-order valence-electron chi connectivity index (χ3n) is 3.37. The Morgan fingerprint density at radius 2 is 2.17 bits per heavy atom. The molecule has 0 aliphatic carbocycles. The Morgan fingerprint density at radius 1 is 1.39 bits per heavy atom. The van der Waals surface area contributed by atoms with Crippen molar-refractivity contribution in [1.82, 2.24) is 15.2 Å². The fourth-order valence-corrected chi connectivity index (χ4v) is 2.20. The van der Waals surface area contributed by atoms with Gasteiger partial charge in [-0.2, -0.15) is 0 Å². The third kappa shape index (κ3) is 5.61. The SMILES string of the molecule is CCC(CCCN(C)Cc1cccc(C)n1)NC. The van der Waals surface area contributed by atoms with Crippen molar-refractivity contribution in [2.45, 2.75) is 45.7 Å². The van der Waals surface area contributed by atoms with Crippen LogP contribution in [0.25, 0.3) is 0 Å². The van der Waals surface area contributed by atoms with Gasteiger partial charge >= 0.3 is 0 Å². The number of aryl methyl sites for hydroxylation is 1. The van der Waals surface area contributed by atoms with E-state index >= 15 is 0 Å². The van der Waals surface area contributed by atoms with E-state index in [1.54, 1.807) is 0 Å². The number of hydrogen-bond acceptors (Lipinski definition) is 3. The zero-order chi connectivity index (χ0) is 13.4. The Kier molecular flexibility index (Phi) is 6.91. The van der Waals surface area contributed by atoms with Gasteiger partial charge in [-0.3, -0.25) is 4.98 Å². The van der Waals surface area contributed by atoms with Gasteiger partial charge < -0.3 is 10.2 Å². The molecule has 0 radical (unpaired) electrons. The van der Waals surface area contributed by atoms with Crippen molar-refractivity contribution in [3.63, 3.8) is 0 Å². The van der Waals surface area contributed by atoms with Crippen molar-refractivity contribution in [1.29, 1.82) is 0 Å². The fraction of sp³-hybridized carbons (Fsp3) is 0.667. The Balaban J connectivity index is 2.27. The molecule has 18 heavy (non-hydrogen) atoms. The number of nitrogens with zero attached hydrogens (tertiary/aromatic N) is 2. The molecule has 1 atom stereocenters. The number of rotatable bonds is 8. The Labute approximate surface area is 112 Å². The first kappa shape index (κ1) is 15.1. The third-order valence-corrected chi connectivity index (χ3v) is 3.37. The fourth-order valence-electron chi connectivity index (χ4n) is 2.20. The molecular formula is C15H27N3. The van der Waals surface area contributed by atoms with Gasteiger partial charge in [-0.25, -0.2) is 0 Å². The van der Waals surface area contributed by atoms with E-state index in [0.717, 1.165) is 24.5 Å². The number of aromatic nitrogens is 1. The first-order chi connectivity index (χ1) is 8.65. The van der Waals surface area contributed by atoms with E-state index in [1.165, 1.54) is 19.3 Å². The minimum absolute atomic E-state index is 0.662. The largest absolute Gasteiger partial charge is 0.317 e. The van der Waals surface area contributed by atoms with E-state index in [2.05, 4.69) is 48.4 Å². The van der Waals surface area contributed by atoms with Crippen molar-refractivity contribution in [3.8, 4) is 0 Å². The summed E-state index contributed by atoms with van der Waals surface area (Å²) in [5.41, 5.74) is 2.26. The minimum Gasteiger partial charge on any atom is -0.317 e. The average molecular weight is 249 g/mol. The molecule has 0 fully saturated rings. The van der Waals surface area contributed by atoms with Gasteiger partial charge in [0.25, 0.3) is 0 Å². The van der Waals surface area contributed by atoms with Crippen LogP contribution in [-0.2, 0) is 6.54 Å². The van der Waals surface area contributed by atoms with Gasteiger partial charge in [0.2, 0.25) is 0 Å². The highest BCUT2D eigenvalue weighted by Gasteiger charge is 2.05. The maximum absolute atomic E-state index is 4.53. The predicted octanol–water partition coefficient (Wildman–Crippen LogP) is 2.60. The topological polar surface area (TPSA) is 28.2 Å². The molecular weight excluding hydrogens is 222 g/mol. The second kappa shape index (κ2) is 8.22. The lowest BCUT2D eigenvalue weighted by Crippen LogP contribution is -2.26. The standard InChI is InChI=1S/C15H27N3/c1-5-14(16-3)10-7-11-18(4)12-15-9-6-8-13(2)17-15/h6,8-9,14,16H,5,7,10-12H2,1-4H3. The molecule has 0 saturated heterocycles. The summed E-state index contributed by atoms with van der Waals surface area (Å²) in [4.78, 5) is 6.89. The molecule has 1 unspecified atom stereocenters. The van der Waals surface area contributed by atoms with E-state index in [4.69, 9.17) is 0 Å². The second-order valence-corrected chi connectivity index (χ2v) is 5.04. The van der Waals surface area contributed by atoms with Crippen molar-refractivity contribution < 1.29 is 0 Å². The Bertz CT molecular complexity index is 334. The lowest BCUT2D eigenvalue weighted by molar-refractivity contribution is 0.306. The van der Waals surface area contributed by atoms with E-state index in [9.17, 15) is 0 Å². The quantitative estimate of drug-likeness (QED) is 0.767. The van der Waals surface area contributed by atoms with Gasteiger partial charge in [-0.1, -0.05) is 13.0 Å². The monoisotopic (exact) mass is 249 g/mol. The number of pyridine rings is 1. The van der Waals surface area contributed by atoms with Crippen molar-refractivity contribution >= 4 is 0 Å². The molecule has 102 valence electrons. The maximum Gasteiger partial charge on any atom is 0.0547 e. The van der Waals surface area contributed by atoms with E-state index < -0.39 is 0 Å². The smallest absolute Gasteiger partial charge is 0.0547 e. The van der Waals surface area contributed by atoms with Crippen LogP contribution in [0.3, 0.4) is 0 Å². The molecule has 0 aliphatic rings. The molecule has 0 aromatic carbocycles. The zero-order valence-corrected chi connectivity index (χ0v) is 12.2. The van der Waals surface area contributed by atoms with E-state index in [0.29, 0.717) is 6.04 Å². The second-order valence-electron chi connectivity index (χ2n) is 5.04. The summed E-state index contributed by atoms with van der Waals surface area (Å²) in [6.45, 7) is 6.36. The van der Waals surface area contributed by atoms with Crippen LogP contribution in [-0.4, -0.2) is 36.6 Å². The lowest BCUT2D eigenvalue weighted by atomic mass is 10.1. The first-order valence-corrected chi connectivity index (χ1v) is 6.94. The number of hydrogen-bond donors (Lipinski definition) is 1. The highest BCUT2D eigenvalue weighted by atomic mass is 15.1. The molecule has 3 heteroatoms. The zero-order valence-electron chi connectivity index (χ0n) is 12.2. The van der Waals surface area contributed by atoms with E-state index in [1.807, 2.05) is 13.0 Å². The maximum atomic E-state index is 4.53. The van der Waals surface area contributed by atoms with Crippen molar-refractivity contribution in [2.75, 3.05) is 20.6 Å². The molecule has 0 aliphatic heterocycles. The Hall–Kier alpha value is -0.930. The van der Waals surface area contributed by atoms with Crippen LogP contribution in [0.2, 0.25) is 0 Å². The van der Waals surface area contributed by atoms with Crippen LogP contribution in [0.15, 0.2) is 18.2 Å². The molecule has 0 amide bonds. The highest BCUT2D eigenvalue weighted by Crippen LogP contribution is 2.05. The van der Waals surface area contributed by atoms with Crippen molar-refractivity contribution in [2.24, 2.45) is 0 Å².